The third-order valence-electron chi connectivity index (χ3n) is 2.63. The Morgan fingerprint density at radius 2 is 2.00 bits per heavy atom. The van der Waals surface area contributed by atoms with E-state index in [0.29, 0.717) is 5.56 Å². The fraction of sp³-hybridized carbons (Fsp3) is 0.182. The number of amides is 2. The van der Waals surface area contributed by atoms with Crippen LogP contribution in [0.25, 0.3) is 0 Å². The zero-order chi connectivity index (χ0) is 11.9. The Balaban J connectivity index is 2.62. The summed E-state index contributed by atoms with van der Waals surface area (Å²) in [6.45, 7) is 1.48. The van der Waals surface area contributed by atoms with Crippen LogP contribution in [-0.4, -0.2) is 22.9 Å². The molecule has 0 fully saturated rings. The molecule has 1 aromatic carbocycles. The number of carbonyl (C=O) groups is 3. The van der Waals surface area contributed by atoms with Gasteiger partial charge in [0.25, 0.3) is 11.8 Å². The average Bonchev–Trinajstić information content (AvgIpc) is 2.54. The van der Waals surface area contributed by atoms with Gasteiger partial charge in [-0.3, -0.25) is 19.7 Å². The molecule has 1 aliphatic rings. The maximum Gasteiger partial charge on any atom is 0.310 e. The Bertz CT molecular complexity index is 507. The first-order valence-corrected chi connectivity index (χ1v) is 4.73. The number of nitrogens with one attached hydrogen (secondary N) is 1. The summed E-state index contributed by atoms with van der Waals surface area (Å²) < 4.78 is 0. The van der Waals surface area contributed by atoms with E-state index in [4.69, 9.17) is 5.11 Å². The molecule has 16 heavy (non-hydrogen) atoms. The Labute approximate surface area is 91.1 Å². The standard InChI is InChI=1S/C11H9NO4/c1-5(11(15)16)6-3-2-4-7-8(6)10(14)12-9(7)13/h2-5H,1H3,(H,15,16)(H,12,13,14). The minimum atomic E-state index is -1.03. The van der Waals surface area contributed by atoms with E-state index in [2.05, 4.69) is 5.32 Å². The molecule has 0 radical (unpaired) electrons. The average molecular weight is 219 g/mol. The van der Waals surface area contributed by atoms with E-state index < -0.39 is 23.7 Å². The first-order valence-electron chi connectivity index (χ1n) is 4.73. The molecule has 1 unspecified atom stereocenters. The molecule has 5 nitrogen and oxygen atoms in total. The largest absolute Gasteiger partial charge is 0.481 e. The van der Waals surface area contributed by atoms with Crippen LogP contribution < -0.4 is 5.32 Å². The first kappa shape index (κ1) is 10.4. The maximum absolute atomic E-state index is 11.5. The summed E-state index contributed by atoms with van der Waals surface area (Å²) in [7, 11) is 0. The number of benzene rings is 1. The summed E-state index contributed by atoms with van der Waals surface area (Å²) in [6, 6.07) is 4.63. The number of carboxylic acid groups (broad SMARTS) is 1. The smallest absolute Gasteiger partial charge is 0.310 e. The van der Waals surface area contributed by atoms with Crippen LogP contribution in [0.1, 0.15) is 39.1 Å². The van der Waals surface area contributed by atoms with Crippen LogP contribution in [0.2, 0.25) is 0 Å². The van der Waals surface area contributed by atoms with Crippen LogP contribution in [0.15, 0.2) is 18.2 Å². The van der Waals surface area contributed by atoms with Crippen molar-refractivity contribution in [3.05, 3.63) is 34.9 Å². The molecule has 2 amide bonds. The second kappa shape index (κ2) is 3.44. The van der Waals surface area contributed by atoms with Gasteiger partial charge in [-0.2, -0.15) is 0 Å². The highest BCUT2D eigenvalue weighted by atomic mass is 16.4. The molecule has 0 aliphatic carbocycles. The third-order valence-corrected chi connectivity index (χ3v) is 2.63. The van der Waals surface area contributed by atoms with Crippen LogP contribution in [0.4, 0.5) is 0 Å². The molecule has 1 atom stereocenters. The number of hydrogen-bond donors (Lipinski definition) is 2. The molecule has 0 saturated carbocycles. The first-order chi connectivity index (χ1) is 7.52. The predicted octanol–water partition coefficient (Wildman–Crippen LogP) is 0.758. The van der Waals surface area contributed by atoms with E-state index in [0.717, 1.165) is 0 Å². The van der Waals surface area contributed by atoms with Gasteiger partial charge in [0.05, 0.1) is 17.0 Å². The number of hydrogen-bond acceptors (Lipinski definition) is 3. The van der Waals surface area contributed by atoms with Gasteiger partial charge in [0, 0.05) is 0 Å². The Hall–Kier alpha value is -2.17. The van der Waals surface area contributed by atoms with Crippen LogP contribution >= 0.6 is 0 Å². The molecule has 5 heteroatoms. The number of aliphatic carboxylic acids is 1. The predicted molar refractivity (Wildman–Crippen MR) is 54.3 cm³/mol. The molecule has 82 valence electrons. The molecule has 2 rings (SSSR count). The van der Waals surface area contributed by atoms with E-state index in [-0.39, 0.29) is 11.1 Å². The third kappa shape index (κ3) is 1.37. The van der Waals surface area contributed by atoms with Crippen molar-refractivity contribution in [1.29, 1.82) is 0 Å². The molecule has 1 heterocycles. The Kier molecular flexibility index (Phi) is 2.23. The second-order valence-electron chi connectivity index (χ2n) is 3.61. The molecule has 0 aromatic heterocycles. The van der Waals surface area contributed by atoms with Crippen molar-refractivity contribution in [2.75, 3.05) is 0 Å². The van der Waals surface area contributed by atoms with Crippen molar-refractivity contribution >= 4 is 17.8 Å². The second-order valence-corrected chi connectivity index (χ2v) is 3.61. The SMILES string of the molecule is CC(C(=O)O)c1cccc2c1C(=O)NC2=O. The molecule has 1 aromatic rings. The van der Waals surface area contributed by atoms with Gasteiger partial charge in [-0.1, -0.05) is 12.1 Å². The Morgan fingerprint density at radius 3 is 2.62 bits per heavy atom. The topological polar surface area (TPSA) is 83.5 Å². The van der Waals surface area contributed by atoms with Crippen molar-refractivity contribution in [1.82, 2.24) is 5.32 Å². The molecule has 0 saturated heterocycles. The molecular formula is C11H9NO4. The van der Waals surface area contributed by atoms with Crippen LogP contribution in [0.3, 0.4) is 0 Å². The normalized spacial score (nSPS) is 15.6. The van der Waals surface area contributed by atoms with Gasteiger partial charge < -0.3 is 5.11 Å². The summed E-state index contributed by atoms with van der Waals surface area (Å²) in [6.07, 6.45) is 0. The highest BCUT2D eigenvalue weighted by Gasteiger charge is 2.31. The van der Waals surface area contributed by atoms with Gasteiger partial charge in [-0.15, -0.1) is 0 Å². The minimum Gasteiger partial charge on any atom is -0.481 e. The molecular weight excluding hydrogens is 210 g/mol. The zero-order valence-electron chi connectivity index (χ0n) is 8.48. The summed E-state index contributed by atoms with van der Waals surface area (Å²) in [5.41, 5.74) is 0.798. The highest BCUT2D eigenvalue weighted by Crippen LogP contribution is 2.26. The summed E-state index contributed by atoms with van der Waals surface area (Å²) in [4.78, 5) is 33.7. The van der Waals surface area contributed by atoms with Gasteiger partial charge in [0.15, 0.2) is 0 Å². The summed E-state index contributed by atoms with van der Waals surface area (Å²) in [5, 5.41) is 11.0. The van der Waals surface area contributed by atoms with Crippen molar-refractivity contribution in [3.63, 3.8) is 0 Å². The monoisotopic (exact) mass is 219 g/mol. The lowest BCUT2D eigenvalue weighted by molar-refractivity contribution is -0.138. The zero-order valence-corrected chi connectivity index (χ0v) is 8.48. The minimum absolute atomic E-state index is 0.183. The molecule has 0 spiro atoms. The van der Waals surface area contributed by atoms with Crippen LogP contribution in [-0.2, 0) is 4.79 Å². The van der Waals surface area contributed by atoms with Crippen molar-refractivity contribution in [3.8, 4) is 0 Å². The van der Waals surface area contributed by atoms with E-state index in [1.54, 1.807) is 12.1 Å². The van der Waals surface area contributed by atoms with E-state index >= 15 is 0 Å². The quantitative estimate of drug-likeness (QED) is 0.719. The fourth-order valence-electron chi connectivity index (χ4n) is 1.74. The lowest BCUT2D eigenvalue weighted by Crippen LogP contribution is -2.21. The van der Waals surface area contributed by atoms with Gasteiger partial charge in [-0.25, -0.2) is 0 Å². The van der Waals surface area contributed by atoms with E-state index in [1.807, 2.05) is 0 Å². The van der Waals surface area contributed by atoms with Crippen molar-refractivity contribution in [2.45, 2.75) is 12.8 Å². The number of imide groups is 1. The molecule has 2 N–H and O–H groups in total. The lowest BCUT2D eigenvalue weighted by Gasteiger charge is -2.09. The molecule has 0 bridgehead atoms. The van der Waals surface area contributed by atoms with Gasteiger partial charge in [0.1, 0.15) is 0 Å². The fourth-order valence-corrected chi connectivity index (χ4v) is 1.74. The van der Waals surface area contributed by atoms with E-state index in [9.17, 15) is 14.4 Å². The number of fused-ring (bicyclic) bond motifs is 1. The number of rotatable bonds is 2. The Morgan fingerprint density at radius 1 is 1.31 bits per heavy atom. The van der Waals surface area contributed by atoms with Crippen molar-refractivity contribution < 1.29 is 19.5 Å². The summed E-state index contributed by atoms with van der Waals surface area (Å²) in [5.74, 6) is -2.84. The number of carbonyl (C=O) groups excluding carboxylic acids is 2. The van der Waals surface area contributed by atoms with E-state index in [1.165, 1.54) is 13.0 Å². The summed E-state index contributed by atoms with van der Waals surface area (Å²) >= 11 is 0. The van der Waals surface area contributed by atoms with Crippen LogP contribution in [0.5, 0.6) is 0 Å². The van der Waals surface area contributed by atoms with Gasteiger partial charge >= 0.3 is 5.97 Å². The lowest BCUT2D eigenvalue weighted by atomic mass is 9.93. The molecule has 1 aliphatic heterocycles. The maximum atomic E-state index is 11.5. The van der Waals surface area contributed by atoms with Crippen molar-refractivity contribution in [2.24, 2.45) is 0 Å². The van der Waals surface area contributed by atoms with Gasteiger partial charge in [-0.05, 0) is 18.6 Å². The highest BCUT2D eigenvalue weighted by molar-refractivity contribution is 6.22. The number of carboxylic acids is 1. The van der Waals surface area contributed by atoms with Crippen LogP contribution in [0, 0.1) is 0 Å². The van der Waals surface area contributed by atoms with Gasteiger partial charge in [0.2, 0.25) is 0 Å².